The maximum absolute atomic E-state index is 12.0. The molecule has 0 amide bonds. The van der Waals surface area contributed by atoms with Gasteiger partial charge >= 0.3 is 5.97 Å². The number of ketones is 1. The molecule has 0 N–H and O–H groups in total. The molecule has 0 saturated carbocycles. The number of rotatable bonds is 4. The normalized spacial score (nSPS) is 10.5. The van der Waals surface area contributed by atoms with Gasteiger partial charge in [0, 0.05) is 5.69 Å². The van der Waals surface area contributed by atoms with Crippen LogP contribution in [0.5, 0.6) is 0 Å². The molecule has 0 atom stereocenters. The van der Waals surface area contributed by atoms with E-state index in [-0.39, 0.29) is 23.1 Å². The van der Waals surface area contributed by atoms with Crippen LogP contribution >= 0.6 is 38.9 Å². The summed E-state index contributed by atoms with van der Waals surface area (Å²) in [5.41, 5.74) is 1.58. The summed E-state index contributed by atoms with van der Waals surface area (Å²) >= 11 is 10.5. The van der Waals surface area contributed by atoms with E-state index >= 15 is 0 Å². The van der Waals surface area contributed by atoms with Crippen LogP contribution in [0.15, 0.2) is 22.0 Å². The zero-order chi connectivity index (χ0) is 15.6. The molecular weight excluding hydrogens is 378 g/mol. The van der Waals surface area contributed by atoms with Gasteiger partial charge in [-0.15, -0.1) is 11.3 Å². The summed E-state index contributed by atoms with van der Waals surface area (Å²) in [6, 6.07) is 5.18. The van der Waals surface area contributed by atoms with Crippen LogP contribution in [-0.4, -0.2) is 23.3 Å². The number of ether oxygens (including phenoxy) is 1. The van der Waals surface area contributed by atoms with E-state index in [2.05, 4.69) is 20.9 Å². The van der Waals surface area contributed by atoms with Crippen molar-refractivity contribution in [3.05, 3.63) is 48.8 Å². The van der Waals surface area contributed by atoms with Crippen LogP contribution in [0.2, 0.25) is 5.15 Å². The Kier molecular flexibility index (Phi) is 5.13. The Morgan fingerprint density at radius 1 is 1.38 bits per heavy atom. The molecule has 0 fully saturated rings. The number of carbonyl (C=O) groups excluding carboxylic acids is 2. The molecule has 110 valence electrons. The number of Topliss-reactive ketones (excluding diaryl/α,β-unsaturated/α-hetero) is 1. The quantitative estimate of drug-likeness (QED) is 0.447. The molecule has 0 unspecified atom stereocenters. The van der Waals surface area contributed by atoms with Crippen molar-refractivity contribution >= 4 is 50.6 Å². The monoisotopic (exact) mass is 387 g/mol. The second kappa shape index (κ2) is 6.68. The maximum atomic E-state index is 12.0. The molecule has 0 radical (unpaired) electrons. The molecule has 21 heavy (non-hydrogen) atoms. The lowest BCUT2D eigenvalue weighted by Crippen LogP contribution is -2.15. The highest BCUT2D eigenvalue weighted by Crippen LogP contribution is 2.23. The molecule has 0 aliphatic carbocycles. The minimum Gasteiger partial charge on any atom is -0.454 e. The standard InChI is InChI=1S/C14H11BrClNO3S/c1-7-5-8(2)17-13(16)12(7)14(19)20-6-9(18)10-3-4-11(15)21-10/h3-5H,6H2,1-2H3. The lowest BCUT2D eigenvalue weighted by atomic mass is 10.1. The summed E-state index contributed by atoms with van der Waals surface area (Å²) in [6.45, 7) is 3.21. The lowest BCUT2D eigenvalue weighted by molar-refractivity contribution is 0.0475. The van der Waals surface area contributed by atoms with Crippen molar-refractivity contribution in [1.82, 2.24) is 4.98 Å². The van der Waals surface area contributed by atoms with E-state index in [0.29, 0.717) is 16.1 Å². The number of hydrogen-bond donors (Lipinski definition) is 0. The molecule has 7 heteroatoms. The molecule has 0 aliphatic heterocycles. The molecule has 0 spiro atoms. The van der Waals surface area contributed by atoms with E-state index < -0.39 is 5.97 Å². The number of aromatic nitrogens is 1. The van der Waals surface area contributed by atoms with Crippen LogP contribution < -0.4 is 0 Å². The first-order valence-corrected chi connectivity index (χ1v) is 7.96. The van der Waals surface area contributed by atoms with Gasteiger partial charge < -0.3 is 4.74 Å². The van der Waals surface area contributed by atoms with E-state index in [1.165, 1.54) is 11.3 Å². The third-order valence-electron chi connectivity index (χ3n) is 2.69. The third kappa shape index (κ3) is 3.90. The van der Waals surface area contributed by atoms with E-state index in [0.717, 1.165) is 3.79 Å². The van der Waals surface area contributed by atoms with Gasteiger partial charge in [-0.05, 0) is 53.5 Å². The second-order valence-corrected chi connectivity index (χ2v) is 7.17. The largest absolute Gasteiger partial charge is 0.454 e. The summed E-state index contributed by atoms with van der Waals surface area (Å²) in [4.78, 5) is 28.5. The van der Waals surface area contributed by atoms with Crippen molar-refractivity contribution < 1.29 is 14.3 Å². The minimum absolute atomic E-state index is 0.0869. The number of thiophene rings is 1. The number of hydrogen-bond acceptors (Lipinski definition) is 5. The summed E-state index contributed by atoms with van der Waals surface area (Å²) in [6.07, 6.45) is 0. The van der Waals surface area contributed by atoms with Crippen molar-refractivity contribution in [2.45, 2.75) is 13.8 Å². The van der Waals surface area contributed by atoms with Crippen LogP contribution in [0.25, 0.3) is 0 Å². The molecular formula is C14H11BrClNO3S. The molecule has 2 aromatic rings. The number of pyridine rings is 1. The molecule has 2 heterocycles. The van der Waals surface area contributed by atoms with E-state index in [1.54, 1.807) is 32.0 Å². The minimum atomic E-state index is -0.644. The lowest BCUT2D eigenvalue weighted by Gasteiger charge is -2.08. The first-order chi connectivity index (χ1) is 9.88. The van der Waals surface area contributed by atoms with E-state index in [4.69, 9.17) is 16.3 Å². The number of halogens is 2. The van der Waals surface area contributed by atoms with E-state index in [9.17, 15) is 9.59 Å². The molecule has 0 bridgehead atoms. The fourth-order valence-electron chi connectivity index (χ4n) is 1.77. The van der Waals surface area contributed by atoms with Crippen LogP contribution in [0.4, 0.5) is 0 Å². The Hall–Kier alpha value is -1.24. The van der Waals surface area contributed by atoms with Gasteiger partial charge in [-0.1, -0.05) is 11.6 Å². The number of nitrogens with zero attached hydrogens (tertiary/aromatic N) is 1. The summed E-state index contributed by atoms with van der Waals surface area (Å²) in [5.74, 6) is -0.901. The fraction of sp³-hybridized carbons (Fsp3) is 0.214. The highest BCUT2D eigenvalue weighted by molar-refractivity contribution is 9.11. The zero-order valence-corrected chi connectivity index (χ0v) is 14.4. The first kappa shape index (κ1) is 16.1. The van der Waals surface area contributed by atoms with Crippen molar-refractivity contribution in [2.75, 3.05) is 6.61 Å². The average molecular weight is 389 g/mol. The topological polar surface area (TPSA) is 56.3 Å². The van der Waals surface area contributed by atoms with Crippen LogP contribution in [0.1, 0.15) is 31.3 Å². The summed E-state index contributed by atoms with van der Waals surface area (Å²) in [7, 11) is 0. The van der Waals surface area contributed by atoms with Crippen molar-refractivity contribution in [1.29, 1.82) is 0 Å². The van der Waals surface area contributed by atoms with Gasteiger partial charge in [-0.3, -0.25) is 4.79 Å². The molecule has 0 aromatic carbocycles. The second-order valence-electron chi connectivity index (χ2n) is 4.35. The molecule has 2 aromatic heterocycles. The molecule has 2 rings (SSSR count). The summed E-state index contributed by atoms with van der Waals surface area (Å²) < 4.78 is 5.88. The Morgan fingerprint density at radius 3 is 2.67 bits per heavy atom. The predicted molar refractivity (Wildman–Crippen MR) is 85.4 cm³/mol. The Balaban J connectivity index is 2.07. The zero-order valence-electron chi connectivity index (χ0n) is 11.3. The van der Waals surface area contributed by atoms with E-state index in [1.807, 2.05) is 0 Å². The van der Waals surface area contributed by atoms with Crippen LogP contribution in [0, 0.1) is 13.8 Å². The molecule has 4 nitrogen and oxygen atoms in total. The SMILES string of the molecule is Cc1cc(C)c(C(=O)OCC(=O)c2ccc(Br)s2)c(Cl)n1. The first-order valence-electron chi connectivity index (χ1n) is 5.98. The van der Waals surface area contributed by atoms with Crippen molar-refractivity contribution in [3.63, 3.8) is 0 Å². The number of aryl methyl sites for hydroxylation is 2. The van der Waals surface area contributed by atoms with Crippen LogP contribution in [-0.2, 0) is 4.74 Å². The van der Waals surface area contributed by atoms with Crippen molar-refractivity contribution in [3.8, 4) is 0 Å². The highest BCUT2D eigenvalue weighted by atomic mass is 79.9. The third-order valence-corrected chi connectivity index (χ3v) is 4.63. The smallest absolute Gasteiger partial charge is 0.342 e. The van der Waals surface area contributed by atoms with Gasteiger partial charge in [0.25, 0.3) is 0 Å². The molecule has 0 saturated heterocycles. The Morgan fingerprint density at radius 2 is 2.10 bits per heavy atom. The van der Waals surface area contributed by atoms with Gasteiger partial charge in [0.2, 0.25) is 5.78 Å². The maximum Gasteiger partial charge on any atom is 0.342 e. The van der Waals surface area contributed by atoms with Gasteiger partial charge in [-0.25, -0.2) is 9.78 Å². The Labute approximate surface area is 139 Å². The van der Waals surface area contributed by atoms with Gasteiger partial charge in [0.15, 0.2) is 6.61 Å². The average Bonchev–Trinajstić information content (AvgIpc) is 2.81. The van der Waals surface area contributed by atoms with Crippen LogP contribution in [0.3, 0.4) is 0 Å². The fourth-order valence-corrected chi connectivity index (χ4v) is 3.44. The van der Waals surface area contributed by atoms with Gasteiger partial charge in [-0.2, -0.15) is 0 Å². The predicted octanol–water partition coefficient (Wildman–Crippen LogP) is 4.22. The number of esters is 1. The Bertz CT molecular complexity index is 691. The summed E-state index contributed by atoms with van der Waals surface area (Å²) in [5, 5.41) is 0.0869. The van der Waals surface area contributed by atoms with Gasteiger partial charge in [0.1, 0.15) is 5.15 Å². The molecule has 0 aliphatic rings. The van der Waals surface area contributed by atoms with Gasteiger partial charge in [0.05, 0.1) is 14.2 Å². The highest BCUT2D eigenvalue weighted by Gasteiger charge is 2.19. The van der Waals surface area contributed by atoms with Crippen molar-refractivity contribution in [2.24, 2.45) is 0 Å². The number of carbonyl (C=O) groups is 2.